The molecule has 0 aromatic carbocycles. The van der Waals surface area contributed by atoms with Gasteiger partial charge in [0.15, 0.2) is 0 Å². The Balaban J connectivity index is 2.37. The van der Waals surface area contributed by atoms with E-state index in [1.165, 1.54) is 0 Å². The van der Waals surface area contributed by atoms with Crippen LogP contribution in [-0.4, -0.2) is 11.6 Å². The zero-order chi connectivity index (χ0) is 9.68. The van der Waals surface area contributed by atoms with Gasteiger partial charge in [0, 0.05) is 6.20 Å². The lowest BCUT2D eigenvalue weighted by molar-refractivity contribution is 0.288. The van der Waals surface area contributed by atoms with Gasteiger partial charge in [0.1, 0.15) is 5.75 Å². The van der Waals surface area contributed by atoms with Crippen molar-refractivity contribution >= 4 is 0 Å². The van der Waals surface area contributed by atoms with E-state index in [9.17, 15) is 0 Å². The fraction of sp³-hybridized carbons (Fsp3) is 0.545. The Morgan fingerprint density at radius 2 is 2.15 bits per heavy atom. The average Bonchev–Trinajstić information content (AvgIpc) is 2.03. The minimum absolute atomic E-state index is 0.692. The predicted octanol–water partition coefficient (Wildman–Crippen LogP) is 2.81. The van der Waals surface area contributed by atoms with Crippen LogP contribution in [0.2, 0.25) is 0 Å². The molecule has 0 fully saturated rings. The molecule has 13 heavy (non-hydrogen) atoms. The first kappa shape index (κ1) is 10.0. The van der Waals surface area contributed by atoms with Crippen molar-refractivity contribution < 1.29 is 4.74 Å². The number of hydrogen-bond acceptors (Lipinski definition) is 2. The van der Waals surface area contributed by atoms with E-state index in [2.05, 4.69) is 18.8 Å². The second-order valence-corrected chi connectivity index (χ2v) is 3.73. The minimum atomic E-state index is 0.692. The van der Waals surface area contributed by atoms with Gasteiger partial charge in [-0.2, -0.15) is 0 Å². The van der Waals surface area contributed by atoms with Crippen LogP contribution in [0.5, 0.6) is 5.75 Å². The Morgan fingerprint density at radius 1 is 1.38 bits per heavy atom. The van der Waals surface area contributed by atoms with Crippen LogP contribution in [-0.2, 0) is 0 Å². The van der Waals surface area contributed by atoms with Crippen molar-refractivity contribution in [2.24, 2.45) is 5.92 Å². The summed E-state index contributed by atoms with van der Waals surface area (Å²) in [5, 5.41) is 0. The first-order chi connectivity index (χ1) is 6.18. The van der Waals surface area contributed by atoms with Crippen molar-refractivity contribution in [3.05, 3.63) is 24.0 Å². The van der Waals surface area contributed by atoms with Gasteiger partial charge in [0.05, 0.1) is 12.8 Å². The normalized spacial score (nSPS) is 10.5. The number of nitrogens with zero attached hydrogens (tertiary/aromatic N) is 1. The summed E-state index contributed by atoms with van der Waals surface area (Å²) >= 11 is 0. The molecule has 1 rings (SSSR count). The summed E-state index contributed by atoms with van der Waals surface area (Å²) in [6.45, 7) is 7.18. The summed E-state index contributed by atoms with van der Waals surface area (Å²) in [7, 11) is 0. The van der Waals surface area contributed by atoms with E-state index in [0.717, 1.165) is 24.3 Å². The highest BCUT2D eigenvalue weighted by molar-refractivity contribution is 5.22. The number of aromatic nitrogens is 1. The van der Waals surface area contributed by atoms with Gasteiger partial charge in [-0.05, 0) is 30.9 Å². The predicted molar refractivity (Wildman–Crippen MR) is 53.9 cm³/mol. The molecule has 0 atom stereocenters. The van der Waals surface area contributed by atoms with Crippen LogP contribution in [0.25, 0.3) is 0 Å². The fourth-order valence-electron chi connectivity index (χ4n) is 1.02. The third-order valence-corrected chi connectivity index (χ3v) is 1.81. The van der Waals surface area contributed by atoms with Crippen molar-refractivity contribution in [1.29, 1.82) is 0 Å². The quantitative estimate of drug-likeness (QED) is 0.709. The van der Waals surface area contributed by atoms with E-state index in [-0.39, 0.29) is 0 Å². The van der Waals surface area contributed by atoms with Crippen molar-refractivity contribution in [3.8, 4) is 5.75 Å². The summed E-state index contributed by atoms with van der Waals surface area (Å²) in [6.07, 6.45) is 4.68. The molecule has 0 aliphatic carbocycles. The van der Waals surface area contributed by atoms with Crippen LogP contribution in [0.3, 0.4) is 0 Å². The molecule has 0 saturated carbocycles. The molecule has 1 aromatic heterocycles. The van der Waals surface area contributed by atoms with Crippen molar-refractivity contribution in [2.45, 2.75) is 27.2 Å². The molecule has 0 amide bonds. The van der Waals surface area contributed by atoms with Crippen molar-refractivity contribution in [3.63, 3.8) is 0 Å². The summed E-state index contributed by atoms with van der Waals surface area (Å²) in [6, 6.07) is 2.01. The van der Waals surface area contributed by atoms with E-state index in [1.807, 2.05) is 19.2 Å². The first-order valence-corrected chi connectivity index (χ1v) is 4.73. The maximum atomic E-state index is 5.54. The lowest BCUT2D eigenvalue weighted by Crippen LogP contribution is -2.01. The highest BCUT2D eigenvalue weighted by Crippen LogP contribution is 2.11. The molecule has 0 aliphatic heterocycles. The van der Waals surface area contributed by atoms with Crippen LogP contribution < -0.4 is 4.74 Å². The number of aryl methyl sites for hydroxylation is 1. The Kier molecular flexibility index (Phi) is 3.74. The monoisotopic (exact) mass is 179 g/mol. The largest absolute Gasteiger partial charge is 0.492 e. The maximum absolute atomic E-state index is 5.54. The van der Waals surface area contributed by atoms with Crippen LogP contribution in [0.15, 0.2) is 18.5 Å². The van der Waals surface area contributed by atoms with Gasteiger partial charge >= 0.3 is 0 Å². The molecule has 0 saturated heterocycles. The third-order valence-electron chi connectivity index (χ3n) is 1.81. The SMILES string of the molecule is Cc1cncc(OCCC(C)C)c1. The smallest absolute Gasteiger partial charge is 0.137 e. The Labute approximate surface area is 80.0 Å². The number of pyridine rings is 1. The van der Waals surface area contributed by atoms with Crippen LogP contribution in [0, 0.1) is 12.8 Å². The molecule has 2 heteroatoms. The van der Waals surface area contributed by atoms with Gasteiger partial charge in [0.2, 0.25) is 0 Å². The van der Waals surface area contributed by atoms with Gasteiger partial charge in [-0.1, -0.05) is 13.8 Å². The molecule has 0 aliphatic rings. The lowest BCUT2D eigenvalue weighted by Gasteiger charge is -2.07. The second-order valence-electron chi connectivity index (χ2n) is 3.73. The molecular formula is C11H17NO. The molecule has 1 heterocycles. The molecule has 0 radical (unpaired) electrons. The average molecular weight is 179 g/mol. The number of ether oxygens (including phenoxy) is 1. The van der Waals surface area contributed by atoms with E-state index in [4.69, 9.17) is 4.74 Å². The Bertz CT molecular complexity index is 258. The number of rotatable bonds is 4. The van der Waals surface area contributed by atoms with Gasteiger partial charge in [-0.3, -0.25) is 4.98 Å². The summed E-state index contributed by atoms with van der Waals surface area (Å²) in [5.74, 6) is 1.57. The summed E-state index contributed by atoms with van der Waals surface area (Å²) in [5.41, 5.74) is 1.14. The van der Waals surface area contributed by atoms with Crippen LogP contribution in [0.4, 0.5) is 0 Å². The Morgan fingerprint density at radius 3 is 2.77 bits per heavy atom. The second kappa shape index (κ2) is 4.85. The van der Waals surface area contributed by atoms with Crippen molar-refractivity contribution in [2.75, 3.05) is 6.61 Å². The van der Waals surface area contributed by atoms with Gasteiger partial charge in [0.25, 0.3) is 0 Å². The molecule has 72 valence electrons. The molecular weight excluding hydrogens is 162 g/mol. The van der Waals surface area contributed by atoms with Crippen molar-refractivity contribution in [1.82, 2.24) is 4.98 Å². The summed E-state index contributed by atoms with van der Waals surface area (Å²) < 4.78 is 5.54. The van der Waals surface area contributed by atoms with Gasteiger partial charge in [-0.25, -0.2) is 0 Å². The highest BCUT2D eigenvalue weighted by Gasteiger charge is 1.96. The lowest BCUT2D eigenvalue weighted by atomic mass is 10.1. The molecule has 2 nitrogen and oxygen atoms in total. The highest BCUT2D eigenvalue weighted by atomic mass is 16.5. The zero-order valence-corrected chi connectivity index (χ0v) is 8.58. The standard InChI is InChI=1S/C11H17NO/c1-9(2)4-5-13-11-6-10(3)7-12-8-11/h6-9H,4-5H2,1-3H3. The minimum Gasteiger partial charge on any atom is -0.492 e. The third kappa shape index (κ3) is 3.92. The van der Waals surface area contributed by atoms with E-state index in [0.29, 0.717) is 5.92 Å². The maximum Gasteiger partial charge on any atom is 0.137 e. The molecule has 0 unspecified atom stereocenters. The van der Waals surface area contributed by atoms with Crippen LogP contribution in [0.1, 0.15) is 25.8 Å². The van der Waals surface area contributed by atoms with Gasteiger partial charge in [-0.15, -0.1) is 0 Å². The fourth-order valence-corrected chi connectivity index (χ4v) is 1.02. The molecule has 1 aromatic rings. The zero-order valence-electron chi connectivity index (χ0n) is 8.58. The topological polar surface area (TPSA) is 22.1 Å². The van der Waals surface area contributed by atoms with E-state index < -0.39 is 0 Å². The molecule has 0 spiro atoms. The van der Waals surface area contributed by atoms with E-state index >= 15 is 0 Å². The first-order valence-electron chi connectivity index (χ1n) is 4.73. The molecule has 0 bridgehead atoms. The van der Waals surface area contributed by atoms with E-state index in [1.54, 1.807) is 6.20 Å². The number of hydrogen-bond donors (Lipinski definition) is 0. The van der Waals surface area contributed by atoms with Gasteiger partial charge < -0.3 is 4.74 Å². The Hall–Kier alpha value is -1.05. The summed E-state index contributed by atoms with van der Waals surface area (Å²) in [4.78, 5) is 4.06. The molecule has 0 N–H and O–H groups in total. The van der Waals surface area contributed by atoms with Crippen LogP contribution >= 0.6 is 0 Å².